The quantitative estimate of drug-likeness (QED) is 0.624. The third-order valence-corrected chi connectivity index (χ3v) is 3.10. The van der Waals surface area contributed by atoms with Crippen LogP contribution in [0.1, 0.15) is 46.0 Å². The van der Waals surface area contributed by atoms with Crippen LogP contribution in [-0.2, 0) is 4.74 Å². The highest BCUT2D eigenvalue weighted by atomic mass is 16.5. The average molecular weight is 185 g/mol. The molecule has 0 spiro atoms. The lowest BCUT2D eigenvalue weighted by Gasteiger charge is -2.42. The van der Waals surface area contributed by atoms with Crippen molar-refractivity contribution in [2.45, 2.75) is 51.7 Å². The number of nitrogens with zero attached hydrogens (tertiary/aromatic N) is 1. The Hall–Kier alpha value is -0.0800. The van der Waals surface area contributed by atoms with E-state index in [1.54, 1.807) is 0 Å². The van der Waals surface area contributed by atoms with E-state index in [0.717, 1.165) is 6.61 Å². The minimum absolute atomic E-state index is 0.0212. The summed E-state index contributed by atoms with van der Waals surface area (Å²) in [5.41, 5.74) is 0.0212. The molecule has 0 N–H and O–H groups in total. The molecule has 1 saturated heterocycles. The van der Waals surface area contributed by atoms with Crippen LogP contribution in [0, 0.1) is 0 Å². The van der Waals surface area contributed by atoms with Gasteiger partial charge in [-0.25, -0.2) is 0 Å². The Morgan fingerprint density at radius 1 is 1.38 bits per heavy atom. The van der Waals surface area contributed by atoms with E-state index in [2.05, 4.69) is 25.8 Å². The van der Waals surface area contributed by atoms with Gasteiger partial charge in [0, 0.05) is 13.2 Å². The number of likely N-dealkylation sites (tertiary alicyclic amines) is 1. The molecular formula is C11H23NO. The van der Waals surface area contributed by atoms with Crippen LogP contribution in [0.15, 0.2) is 0 Å². The first-order valence-corrected chi connectivity index (χ1v) is 5.54. The maximum absolute atomic E-state index is 5.95. The highest BCUT2D eigenvalue weighted by Crippen LogP contribution is 2.27. The zero-order valence-corrected chi connectivity index (χ0v) is 9.31. The van der Waals surface area contributed by atoms with Crippen molar-refractivity contribution >= 4 is 0 Å². The van der Waals surface area contributed by atoms with Crippen LogP contribution < -0.4 is 0 Å². The van der Waals surface area contributed by atoms with Crippen LogP contribution in [0.5, 0.6) is 0 Å². The van der Waals surface area contributed by atoms with Gasteiger partial charge >= 0.3 is 0 Å². The largest absolute Gasteiger partial charge is 0.361 e. The van der Waals surface area contributed by atoms with Gasteiger partial charge in [-0.3, -0.25) is 4.90 Å². The van der Waals surface area contributed by atoms with E-state index < -0.39 is 0 Å². The van der Waals surface area contributed by atoms with Crippen LogP contribution in [0.2, 0.25) is 0 Å². The first kappa shape index (κ1) is 11.0. The number of hydrogen-bond acceptors (Lipinski definition) is 2. The molecule has 1 rings (SSSR count). The minimum Gasteiger partial charge on any atom is -0.361 e. The molecule has 0 bridgehead atoms. The third-order valence-electron chi connectivity index (χ3n) is 3.10. The lowest BCUT2D eigenvalue weighted by atomic mass is 10.0. The van der Waals surface area contributed by atoms with Crippen LogP contribution in [0.3, 0.4) is 0 Å². The molecule has 1 aliphatic rings. The number of piperidine rings is 1. The molecule has 0 aromatic carbocycles. The Balaban J connectivity index is 2.33. The summed E-state index contributed by atoms with van der Waals surface area (Å²) in [5.74, 6) is 0. The molecule has 1 fully saturated rings. The Morgan fingerprint density at radius 3 is 2.77 bits per heavy atom. The maximum Gasteiger partial charge on any atom is 0.118 e. The highest BCUT2D eigenvalue weighted by molar-refractivity contribution is 4.78. The molecule has 0 aromatic heterocycles. The van der Waals surface area contributed by atoms with E-state index in [9.17, 15) is 0 Å². The predicted molar refractivity (Wildman–Crippen MR) is 55.7 cm³/mol. The number of hydrogen-bond donors (Lipinski definition) is 0. The van der Waals surface area contributed by atoms with Gasteiger partial charge in [-0.15, -0.1) is 0 Å². The summed E-state index contributed by atoms with van der Waals surface area (Å²) in [6.45, 7) is 6.53. The molecule has 0 aromatic rings. The van der Waals surface area contributed by atoms with Crippen molar-refractivity contribution in [3.05, 3.63) is 0 Å². The van der Waals surface area contributed by atoms with Crippen molar-refractivity contribution < 1.29 is 4.74 Å². The van der Waals surface area contributed by atoms with E-state index in [-0.39, 0.29) is 5.72 Å². The summed E-state index contributed by atoms with van der Waals surface area (Å²) in [6, 6.07) is 0. The van der Waals surface area contributed by atoms with E-state index in [1.807, 2.05) is 0 Å². The van der Waals surface area contributed by atoms with Crippen molar-refractivity contribution in [3.8, 4) is 0 Å². The van der Waals surface area contributed by atoms with Gasteiger partial charge in [-0.2, -0.15) is 0 Å². The SMILES string of the molecule is CCCCOC1(C)CCCCN1C. The highest BCUT2D eigenvalue weighted by Gasteiger charge is 2.32. The van der Waals surface area contributed by atoms with Gasteiger partial charge in [-0.1, -0.05) is 13.3 Å². The zero-order chi connectivity index (χ0) is 9.73. The molecule has 1 aliphatic heterocycles. The summed E-state index contributed by atoms with van der Waals surface area (Å²) < 4.78 is 5.95. The molecule has 0 aliphatic carbocycles. The van der Waals surface area contributed by atoms with Crippen molar-refractivity contribution in [1.82, 2.24) is 4.90 Å². The van der Waals surface area contributed by atoms with E-state index in [1.165, 1.54) is 38.6 Å². The zero-order valence-electron chi connectivity index (χ0n) is 9.31. The number of unbranched alkanes of at least 4 members (excludes halogenated alkanes) is 1. The van der Waals surface area contributed by atoms with Crippen molar-refractivity contribution in [1.29, 1.82) is 0 Å². The van der Waals surface area contributed by atoms with Crippen LogP contribution in [-0.4, -0.2) is 30.8 Å². The van der Waals surface area contributed by atoms with Gasteiger partial charge in [0.2, 0.25) is 0 Å². The second-order valence-corrected chi connectivity index (χ2v) is 4.26. The normalized spacial score (nSPS) is 30.7. The summed E-state index contributed by atoms with van der Waals surface area (Å²) in [5, 5.41) is 0. The smallest absolute Gasteiger partial charge is 0.118 e. The third kappa shape index (κ3) is 2.96. The van der Waals surface area contributed by atoms with E-state index >= 15 is 0 Å². The maximum atomic E-state index is 5.95. The summed E-state index contributed by atoms with van der Waals surface area (Å²) in [4.78, 5) is 2.35. The molecule has 0 saturated carbocycles. The standard InChI is InChI=1S/C11H23NO/c1-4-5-10-13-11(2)8-6-7-9-12(11)3/h4-10H2,1-3H3. The van der Waals surface area contributed by atoms with Crippen LogP contribution in [0.4, 0.5) is 0 Å². The van der Waals surface area contributed by atoms with Crippen molar-refractivity contribution in [2.75, 3.05) is 20.2 Å². The molecule has 1 atom stereocenters. The van der Waals surface area contributed by atoms with Gasteiger partial charge in [-0.05, 0) is 39.7 Å². The Bertz CT molecular complexity index is 149. The summed E-state index contributed by atoms with van der Waals surface area (Å²) in [6.07, 6.45) is 6.23. The van der Waals surface area contributed by atoms with Gasteiger partial charge < -0.3 is 4.74 Å². The fourth-order valence-electron chi connectivity index (χ4n) is 1.85. The van der Waals surface area contributed by atoms with Gasteiger partial charge in [0.25, 0.3) is 0 Å². The summed E-state index contributed by atoms with van der Waals surface area (Å²) in [7, 11) is 2.17. The molecule has 0 radical (unpaired) electrons. The number of rotatable bonds is 4. The Kier molecular flexibility index (Phi) is 4.20. The van der Waals surface area contributed by atoms with E-state index in [0.29, 0.717) is 0 Å². The van der Waals surface area contributed by atoms with E-state index in [4.69, 9.17) is 4.74 Å². The topological polar surface area (TPSA) is 12.5 Å². The molecule has 1 unspecified atom stereocenters. The van der Waals surface area contributed by atoms with Gasteiger partial charge in [0.15, 0.2) is 0 Å². The number of ether oxygens (including phenoxy) is 1. The second-order valence-electron chi connectivity index (χ2n) is 4.26. The predicted octanol–water partition coefficient (Wildman–Crippen LogP) is 2.64. The van der Waals surface area contributed by atoms with Crippen molar-refractivity contribution in [3.63, 3.8) is 0 Å². The molecule has 1 heterocycles. The molecular weight excluding hydrogens is 162 g/mol. The minimum atomic E-state index is 0.0212. The first-order valence-electron chi connectivity index (χ1n) is 5.54. The fourth-order valence-corrected chi connectivity index (χ4v) is 1.85. The van der Waals surface area contributed by atoms with Crippen molar-refractivity contribution in [2.24, 2.45) is 0 Å². The average Bonchev–Trinajstić information content (AvgIpc) is 2.11. The molecule has 78 valence electrons. The molecule has 2 heteroatoms. The molecule has 0 amide bonds. The van der Waals surface area contributed by atoms with Crippen LogP contribution in [0.25, 0.3) is 0 Å². The lowest BCUT2D eigenvalue weighted by molar-refractivity contribution is -0.153. The molecule has 2 nitrogen and oxygen atoms in total. The summed E-state index contributed by atoms with van der Waals surface area (Å²) >= 11 is 0. The van der Waals surface area contributed by atoms with Gasteiger partial charge in [0.05, 0.1) is 0 Å². The first-order chi connectivity index (χ1) is 6.19. The molecule has 13 heavy (non-hydrogen) atoms. The lowest BCUT2D eigenvalue weighted by Crippen LogP contribution is -2.49. The Labute approximate surface area is 82.3 Å². The van der Waals surface area contributed by atoms with Gasteiger partial charge in [0.1, 0.15) is 5.72 Å². The fraction of sp³-hybridized carbons (Fsp3) is 1.00. The monoisotopic (exact) mass is 185 g/mol. The Morgan fingerprint density at radius 2 is 2.15 bits per heavy atom. The second kappa shape index (κ2) is 4.97. The van der Waals surface area contributed by atoms with Crippen LogP contribution >= 0.6 is 0 Å².